The quantitative estimate of drug-likeness (QED) is 0.826. The molecule has 0 amide bonds. The average molecular weight is 253 g/mol. The Kier molecular flexibility index (Phi) is 3.08. The van der Waals surface area contributed by atoms with Crippen LogP contribution in [0.2, 0.25) is 0 Å². The second-order valence-electron chi connectivity index (χ2n) is 5.15. The fraction of sp³-hybridized carbons (Fsp3) is 0.909. The summed E-state index contributed by atoms with van der Waals surface area (Å²) in [6.45, 7) is 1.77. The maximum absolute atomic E-state index is 4.13. The molecule has 2 aliphatic carbocycles. The van der Waals surface area contributed by atoms with Gasteiger partial charge in [0.25, 0.3) is 0 Å². The summed E-state index contributed by atoms with van der Waals surface area (Å²) in [5.41, 5.74) is 0. The Bertz CT molecular complexity index is 377. The molecule has 94 valence electrons. The van der Waals surface area contributed by atoms with Gasteiger partial charge in [0, 0.05) is 10.8 Å². The van der Waals surface area contributed by atoms with E-state index in [0.717, 1.165) is 18.9 Å². The van der Waals surface area contributed by atoms with Crippen LogP contribution < -0.4 is 5.32 Å². The summed E-state index contributed by atoms with van der Waals surface area (Å²) in [4.78, 5) is 0. The molecule has 0 aliphatic heterocycles. The van der Waals surface area contributed by atoms with E-state index >= 15 is 0 Å². The third kappa shape index (κ3) is 2.47. The smallest absolute Gasteiger partial charge is 0.165 e. The van der Waals surface area contributed by atoms with Crippen molar-refractivity contribution in [3.63, 3.8) is 0 Å². The maximum atomic E-state index is 4.13. The summed E-state index contributed by atoms with van der Waals surface area (Å²) in [6.07, 6.45) is 8.74. The van der Waals surface area contributed by atoms with Gasteiger partial charge in [-0.05, 0) is 42.4 Å². The third-order valence-electron chi connectivity index (χ3n) is 3.87. The van der Waals surface area contributed by atoms with Crippen LogP contribution in [0.1, 0.15) is 37.9 Å². The van der Waals surface area contributed by atoms with E-state index in [4.69, 9.17) is 0 Å². The van der Waals surface area contributed by atoms with E-state index in [1.165, 1.54) is 32.1 Å². The molecule has 0 unspecified atom stereocenters. The van der Waals surface area contributed by atoms with E-state index in [1.807, 2.05) is 16.4 Å². The van der Waals surface area contributed by atoms with Crippen molar-refractivity contribution in [2.24, 2.45) is 0 Å². The predicted octanol–water partition coefficient (Wildman–Crippen LogP) is 1.21. The molecule has 17 heavy (non-hydrogen) atoms. The van der Waals surface area contributed by atoms with Gasteiger partial charge < -0.3 is 5.32 Å². The number of aromatic nitrogens is 4. The van der Waals surface area contributed by atoms with Crippen molar-refractivity contribution in [2.75, 3.05) is 6.26 Å². The minimum atomic E-state index is 0.393. The molecule has 3 rings (SSSR count). The number of hydrogen-bond acceptors (Lipinski definition) is 5. The fourth-order valence-electron chi connectivity index (χ4n) is 2.27. The van der Waals surface area contributed by atoms with Gasteiger partial charge in [0.1, 0.15) is 0 Å². The molecule has 1 aromatic heterocycles. The first-order chi connectivity index (χ1) is 8.31. The largest absolute Gasteiger partial charge is 0.307 e. The zero-order valence-electron chi connectivity index (χ0n) is 10.2. The second-order valence-corrected chi connectivity index (χ2v) is 6.42. The molecule has 0 spiro atoms. The van der Waals surface area contributed by atoms with Crippen LogP contribution in [0.25, 0.3) is 0 Å². The van der Waals surface area contributed by atoms with Crippen molar-refractivity contribution < 1.29 is 0 Å². The average Bonchev–Trinajstić information content (AvgIpc) is 3.01. The molecular formula is C11H19N5S. The highest BCUT2D eigenvalue weighted by molar-refractivity contribution is 8.00. The Labute approximate surface area is 106 Å². The van der Waals surface area contributed by atoms with Crippen LogP contribution >= 0.6 is 11.8 Å². The van der Waals surface area contributed by atoms with Crippen LogP contribution in [0.4, 0.5) is 0 Å². The molecule has 0 atom stereocenters. The van der Waals surface area contributed by atoms with Gasteiger partial charge in [-0.1, -0.05) is 6.42 Å². The molecule has 0 saturated heterocycles. The van der Waals surface area contributed by atoms with Crippen molar-refractivity contribution >= 4 is 11.8 Å². The maximum Gasteiger partial charge on any atom is 0.165 e. The Morgan fingerprint density at radius 3 is 2.88 bits per heavy atom. The summed E-state index contributed by atoms with van der Waals surface area (Å²) in [5.74, 6) is 0.984. The van der Waals surface area contributed by atoms with Crippen molar-refractivity contribution in [2.45, 2.75) is 56.0 Å². The Morgan fingerprint density at radius 2 is 2.29 bits per heavy atom. The summed E-state index contributed by atoms with van der Waals surface area (Å²) >= 11 is 1.97. The monoisotopic (exact) mass is 253 g/mol. The zero-order valence-corrected chi connectivity index (χ0v) is 11.0. The molecule has 1 N–H and O–H groups in total. The number of nitrogens with one attached hydrogen (secondary N) is 1. The fourth-order valence-corrected chi connectivity index (χ4v) is 3.21. The van der Waals surface area contributed by atoms with Gasteiger partial charge in [-0.3, -0.25) is 0 Å². The van der Waals surface area contributed by atoms with Gasteiger partial charge in [0.2, 0.25) is 0 Å². The lowest BCUT2D eigenvalue weighted by Gasteiger charge is -2.40. The second kappa shape index (κ2) is 4.57. The van der Waals surface area contributed by atoms with Crippen molar-refractivity contribution in [1.29, 1.82) is 0 Å². The lowest BCUT2D eigenvalue weighted by Crippen LogP contribution is -2.39. The van der Waals surface area contributed by atoms with Gasteiger partial charge in [-0.15, -0.1) is 5.10 Å². The summed E-state index contributed by atoms with van der Waals surface area (Å²) < 4.78 is 2.38. The molecule has 1 heterocycles. The highest BCUT2D eigenvalue weighted by Gasteiger charge is 2.37. The van der Waals surface area contributed by atoms with Gasteiger partial charge in [0.05, 0.1) is 13.1 Å². The van der Waals surface area contributed by atoms with Crippen LogP contribution in [0, 0.1) is 0 Å². The number of hydrogen-bond donors (Lipinski definition) is 1. The van der Waals surface area contributed by atoms with Gasteiger partial charge in [-0.2, -0.15) is 11.8 Å². The van der Waals surface area contributed by atoms with Crippen LogP contribution in [-0.4, -0.2) is 37.3 Å². The number of nitrogens with zero attached hydrogens (tertiary/aromatic N) is 4. The van der Waals surface area contributed by atoms with Crippen molar-refractivity contribution in [3.05, 3.63) is 5.82 Å². The molecule has 2 saturated carbocycles. The summed E-state index contributed by atoms with van der Waals surface area (Å²) in [7, 11) is 0. The summed E-state index contributed by atoms with van der Waals surface area (Å²) in [5, 5.41) is 15.5. The van der Waals surface area contributed by atoms with Crippen molar-refractivity contribution in [3.8, 4) is 0 Å². The topological polar surface area (TPSA) is 55.6 Å². The van der Waals surface area contributed by atoms with E-state index in [-0.39, 0.29) is 0 Å². The normalized spacial score (nSPS) is 22.4. The number of thioether (sulfide) groups is 1. The van der Waals surface area contributed by atoms with Gasteiger partial charge in [-0.25, -0.2) is 4.68 Å². The van der Waals surface area contributed by atoms with E-state index in [2.05, 4.69) is 27.1 Å². The highest BCUT2D eigenvalue weighted by Crippen LogP contribution is 2.43. The molecular weight excluding hydrogens is 234 g/mol. The van der Waals surface area contributed by atoms with Crippen LogP contribution in [0.5, 0.6) is 0 Å². The van der Waals surface area contributed by atoms with Gasteiger partial charge in [0.15, 0.2) is 5.82 Å². The van der Waals surface area contributed by atoms with Crippen LogP contribution in [0.15, 0.2) is 0 Å². The van der Waals surface area contributed by atoms with E-state index in [9.17, 15) is 0 Å². The first kappa shape index (κ1) is 11.5. The van der Waals surface area contributed by atoms with E-state index in [1.54, 1.807) is 0 Å². The minimum Gasteiger partial charge on any atom is -0.307 e. The molecule has 0 radical (unpaired) electrons. The van der Waals surface area contributed by atoms with Gasteiger partial charge >= 0.3 is 0 Å². The molecule has 0 bridgehead atoms. The molecule has 5 nitrogen and oxygen atoms in total. The Hall–Kier alpha value is -0.620. The molecule has 2 aliphatic rings. The first-order valence-corrected chi connectivity index (χ1v) is 7.57. The van der Waals surface area contributed by atoms with Crippen LogP contribution in [-0.2, 0) is 13.1 Å². The molecule has 6 heteroatoms. The Morgan fingerprint density at radius 1 is 1.47 bits per heavy atom. The minimum absolute atomic E-state index is 0.393. The standard InChI is InChI=1S/C11H19N5S/c1-17-11(5-2-6-11)8-16-10(13-14-15-16)7-12-9-3-4-9/h9,12H,2-8H2,1H3. The number of rotatable bonds is 6. The number of tetrazole rings is 1. The Balaban J connectivity index is 1.63. The lowest BCUT2D eigenvalue weighted by atomic mass is 9.84. The molecule has 1 aromatic rings. The lowest BCUT2D eigenvalue weighted by molar-refractivity contribution is 0.302. The van der Waals surface area contributed by atoms with Crippen LogP contribution in [0.3, 0.4) is 0 Å². The zero-order chi connectivity index (χ0) is 11.7. The van der Waals surface area contributed by atoms with E-state index < -0.39 is 0 Å². The van der Waals surface area contributed by atoms with Crippen molar-refractivity contribution in [1.82, 2.24) is 25.5 Å². The molecule has 2 fully saturated rings. The third-order valence-corrected chi connectivity index (χ3v) is 5.27. The van der Waals surface area contributed by atoms with E-state index in [0.29, 0.717) is 10.8 Å². The molecule has 0 aromatic carbocycles. The SMILES string of the molecule is CSC1(Cn2nnnc2CNC2CC2)CCC1. The highest BCUT2D eigenvalue weighted by atomic mass is 32.2. The first-order valence-electron chi connectivity index (χ1n) is 6.35. The summed E-state index contributed by atoms with van der Waals surface area (Å²) in [6, 6.07) is 0.707. The predicted molar refractivity (Wildman–Crippen MR) is 67.8 cm³/mol.